The van der Waals surface area contributed by atoms with E-state index in [0.29, 0.717) is 0 Å². The number of benzene rings is 1. The maximum Gasteiger partial charge on any atom is 0.296 e. The van der Waals surface area contributed by atoms with E-state index in [0.717, 1.165) is 6.07 Å². The first-order valence-corrected chi connectivity index (χ1v) is 5.12. The third-order valence-corrected chi connectivity index (χ3v) is 2.70. The summed E-state index contributed by atoms with van der Waals surface area (Å²) in [5, 5.41) is -0.141. The van der Waals surface area contributed by atoms with Gasteiger partial charge in [-0.1, -0.05) is 11.6 Å². The molecule has 0 radical (unpaired) electrons. The summed E-state index contributed by atoms with van der Waals surface area (Å²) in [5.74, 6) is 0. The minimum atomic E-state index is -4.40. The number of isocyanates is 1. The van der Waals surface area contributed by atoms with Gasteiger partial charge in [0.15, 0.2) is 0 Å². The summed E-state index contributed by atoms with van der Waals surface area (Å²) >= 11 is 5.50. The van der Waals surface area contributed by atoms with Crippen LogP contribution in [0.2, 0.25) is 5.02 Å². The molecule has 0 saturated carbocycles. The Labute approximate surface area is 84.8 Å². The van der Waals surface area contributed by atoms with E-state index >= 15 is 0 Å². The smallest absolute Gasteiger partial charge is 0.282 e. The number of aliphatic imine (C=N–C) groups is 1. The van der Waals surface area contributed by atoms with E-state index < -0.39 is 15.0 Å². The highest BCUT2D eigenvalue weighted by Crippen LogP contribution is 2.25. The predicted molar refractivity (Wildman–Crippen MR) is 49.0 cm³/mol. The van der Waals surface area contributed by atoms with Crippen LogP contribution in [0.4, 0.5) is 5.69 Å². The molecular weight excluding hydrogens is 230 g/mol. The Morgan fingerprint density at radius 1 is 1.43 bits per heavy atom. The van der Waals surface area contributed by atoms with Gasteiger partial charge in [0, 0.05) is 0 Å². The molecule has 0 saturated heterocycles. The van der Waals surface area contributed by atoms with Crippen LogP contribution in [-0.2, 0) is 14.9 Å². The Kier molecular flexibility index (Phi) is 3.03. The molecule has 5 nitrogen and oxygen atoms in total. The van der Waals surface area contributed by atoms with Crippen molar-refractivity contribution in [1.29, 1.82) is 0 Å². The van der Waals surface area contributed by atoms with Crippen molar-refractivity contribution in [3.63, 3.8) is 0 Å². The molecule has 7 heteroatoms. The first kappa shape index (κ1) is 10.9. The molecule has 0 fully saturated rings. The molecule has 0 spiro atoms. The highest BCUT2D eigenvalue weighted by Gasteiger charge is 2.14. The highest BCUT2D eigenvalue weighted by atomic mass is 35.5. The summed E-state index contributed by atoms with van der Waals surface area (Å²) in [6.07, 6.45) is 1.24. The Balaban J connectivity index is 3.43. The predicted octanol–water partition coefficient (Wildman–Crippen LogP) is 1.55. The van der Waals surface area contributed by atoms with Crippen LogP contribution in [-0.4, -0.2) is 19.1 Å². The van der Waals surface area contributed by atoms with E-state index in [1.54, 1.807) is 0 Å². The molecule has 1 N–H and O–H groups in total. The zero-order valence-corrected chi connectivity index (χ0v) is 8.21. The van der Waals surface area contributed by atoms with Crippen LogP contribution in [0.5, 0.6) is 0 Å². The van der Waals surface area contributed by atoms with Gasteiger partial charge in [-0.15, -0.1) is 0 Å². The molecule has 74 valence electrons. The number of nitrogens with zero attached hydrogens (tertiary/aromatic N) is 1. The largest absolute Gasteiger partial charge is 0.296 e. The van der Waals surface area contributed by atoms with Gasteiger partial charge in [0.05, 0.1) is 10.7 Å². The lowest BCUT2D eigenvalue weighted by Gasteiger charge is -2.00. The average molecular weight is 234 g/mol. The fourth-order valence-corrected chi connectivity index (χ4v) is 1.81. The molecule has 0 aliphatic heterocycles. The SMILES string of the molecule is O=C=Nc1ccc(Cl)c(S(=O)(=O)O)c1. The van der Waals surface area contributed by atoms with E-state index in [4.69, 9.17) is 16.2 Å². The van der Waals surface area contributed by atoms with E-state index in [-0.39, 0.29) is 10.7 Å². The topological polar surface area (TPSA) is 83.8 Å². The Morgan fingerprint density at radius 3 is 2.57 bits per heavy atom. The quantitative estimate of drug-likeness (QED) is 0.477. The number of rotatable bonds is 2. The Morgan fingerprint density at radius 2 is 2.07 bits per heavy atom. The van der Waals surface area contributed by atoms with Gasteiger partial charge in [0.25, 0.3) is 10.1 Å². The van der Waals surface area contributed by atoms with Crippen LogP contribution >= 0.6 is 11.6 Å². The van der Waals surface area contributed by atoms with E-state index in [1.165, 1.54) is 18.2 Å². The Bertz CT molecular complexity index is 504. The van der Waals surface area contributed by atoms with Crippen LogP contribution in [0.25, 0.3) is 0 Å². The summed E-state index contributed by atoms with van der Waals surface area (Å²) < 4.78 is 30.2. The molecule has 1 aromatic carbocycles. The summed E-state index contributed by atoms with van der Waals surface area (Å²) in [4.78, 5) is 12.6. The molecule has 0 heterocycles. The van der Waals surface area contributed by atoms with Crippen molar-refractivity contribution in [2.75, 3.05) is 0 Å². The maximum absolute atomic E-state index is 10.7. The highest BCUT2D eigenvalue weighted by molar-refractivity contribution is 7.86. The normalized spacial score (nSPS) is 10.7. The summed E-state index contributed by atoms with van der Waals surface area (Å²) in [7, 11) is -4.40. The lowest BCUT2D eigenvalue weighted by molar-refractivity contribution is 0.483. The minimum absolute atomic E-state index is 0.0528. The van der Waals surface area contributed by atoms with E-state index in [2.05, 4.69) is 4.99 Å². The van der Waals surface area contributed by atoms with E-state index in [1.807, 2.05) is 0 Å². The first-order chi connectivity index (χ1) is 6.45. The molecule has 0 amide bonds. The molecule has 14 heavy (non-hydrogen) atoms. The van der Waals surface area contributed by atoms with Crippen LogP contribution in [0, 0.1) is 0 Å². The van der Waals surface area contributed by atoms with Crippen LogP contribution in [0.15, 0.2) is 28.1 Å². The monoisotopic (exact) mass is 233 g/mol. The van der Waals surface area contributed by atoms with Gasteiger partial charge in [0.1, 0.15) is 4.90 Å². The average Bonchev–Trinajstić information content (AvgIpc) is 2.07. The van der Waals surface area contributed by atoms with E-state index in [9.17, 15) is 13.2 Å². The van der Waals surface area contributed by atoms with Crippen molar-refractivity contribution in [2.24, 2.45) is 4.99 Å². The van der Waals surface area contributed by atoms with Gasteiger partial charge >= 0.3 is 0 Å². The number of halogens is 1. The van der Waals surface area contributed by atoms with Gasteiger partial charge in [-0.2, -0.15) is 13.4 Å². The zero-order chi connectivity index (χ0) is 10.8. The number of carbonyl (C=O) groups excluding carboxylic acids is 1. The van der Waals surface area contributed by atoms with Crippen LogP contribution < -0.4 is 0 Å². The fourth-order valence-electron chi connectivity index (χ4n) is 0.812. The van der Waals surface area contributed by atoms with Gasteiger partial charge in [-0.25, -0.2) is 4.79 Å². The third kappa shape index (κ3) is 2.40. The lowest BCUT2D eigenvalue weighted by atomic mass is 10.3. The summed E-state index contributed by atoms with van der Waals surface area (Å²) in [6, 6.07) is 3.51. The first-order valence-electron chi connectivity index (χ1n) is 3.30. The van der Waals surface area contributed by atoms with Crippen molar-refractivity contribution in [3.05, 3.63) is 23.2 Å². The standard InChI is InChI=1S/C7H4ClNO4S/c8-6-2-1-5(9-4-10)3-7(6)14(11,12)13/h1-3H,(H,11,12,13). The maximum atomic E-state index is 10.7. The second kappa shape index (κ2) is 3.89. The molecule has 0 bridgehead atoms. The summed E-state index contributed by atoms with van der Waals surface area (Å²) in [5.41, 5.74) is 0.0528. The zero-order valence-electron chi connectivity index (χ0n) is 6.64. The third-order valence-electron chi connectivity index (χ3n) is 1.37. The minimum Gasteiger partial charge on any atom is -0.282 e. The van der Waals surface area contributed by atoms with Crippen LogP contribution in [0.1, 0.15) is 0 Å². The number of hydrogen-bond donors (Lipinski definition) is 1. The van der Waals surface area contributed by atoms with Crippen molar-refractivity contribution in [1.82, 2.24) is 0 Å². The van der Waals surface area contributed by atoms with Crippen molar-refractivity contribution in [2.45, 2.75) is 4.90 Å². The molecule has 0 aromatic heterocycles. The molecular formula is C7H4ClNO4S. The second-order valence-electron chi connectivity index (χ2n) is 2.29. The second-order valence-corrected chi connectivity index (χ2v) is 4.09. The molecule has 0 aliphatic carbocycles. The van der Waals surface area contributed by atoms with Gasteiger partial charge in [0.2, 0.25) is 6.08 Å². The van der Waals surface area contributed by atoms with Crippen molar-refractivity contribution in [3.8, 4) is 0 Å². The molecule has 1 rings (SSSR count). The Hall–Kier alpha value is -1.20. The fraction of sp³-hybridized carbons (Fsp3) is 0. The number of hydrogen-bond acceptors (Lipinski definition) is 4. The van der Waals surface area contributed by atoms with Crippen LogP contribution in [0.3, 0.4) is 0 Å². The van der Waals surface area contributed by atoms with Gasteiger partial charge < -0.3 is 0 Å². The van der Waals surface area contributed by atoms with Gasteiger partial charge in [-0.3, -0.25) is 4.55 Å². The molecule has 0 aliphatic rings. The van der Waals surface area contributed by atoms with Crippen molar-refractivity contribution < 1.29 is 17.8 Å². The van der Waals surface area contributed by atoms with Gasteiger partial charge in [-0.05, 0) is 18.2 Å². The molecule has 0 unspecified atom stereocenters. The molecule has 1 aromatic rings. The van der Waals surface area contributed by atoms with Crippen molar-refractivity contribution >= 4 is 33.5 Å². The summed E-state index contributed by atoms with van der Waals surface area (Å²) in [6.45, 7) is 0. The molecule has 0 atom stereocenters. The lowest BCUT2D eigenvalue weighted by Crippen LogP contribution is -1.98.